The van der Waals surface area contributed by atoms with Gasteiger partial charge in [0.1, 0.15) is 0 Å². The van der Waals surface area contributed by atoms with E-state index < -0.39 is 6.10 Å². The zero-order valence-corrected chi connectivity index (χ0v) is 9.89. The molecule has 0 aliphatic carbocycles. The van der Waals surface area contributed by atoms with Crippen molar-refractivity contribution >= 4 is 0 Å². The Morgan fingerprint density at radius 2 is 2.31 bits per heavy atom. The quantitative estimate of drug-likeness (QED) is 0.724. The summed E-state index contributed by atoms with van der Waals surface area (Å²) in [6.07, 6.45) is 3.26. The lowest BCUT2D eigenvalue weighted by Gasteiger charge is -2.14. The normalized spacial score (nSPS) is 13.0. The molecule has 1 rings (SSSR count). The van der Waals surface area contributed by atoms with Gasteiger partial charge in [0.15, 0.2) is 0 Å². The number of ether oxygens (including phenoxy) is 1. The van der Waals surface area contributed by atoms with Crippen molar-refractivity contribution in [3.63, 3.8) is 0 Å². The van der Waals surface area contributed by atoms with Crippen molar-refractivity contribution < 1.29 is 9.84 Å². The topological polar surface area (TPSA) is 54.4 Å². The van der Waals surface area contributed by atoms with Gasteiger partial charge in [-0.1, -0.05) is 6.07 Å². The third-order valence-electron chi connectivity index (χ3n) is 2.05. The highest BCUT2D eigenvalue weighted by atomic mass is 16.5. The summed E-state index contributed by atoms with van der Waals surface area (Å²) in [6, 6.07) is 3.90. The predicted molar refractivity (Wildman–Crippen MR) is 63.0 cm³/mol. The molecule has 1 unspecified atom stereocenters. The van der Waals surface area contributed by atoms with Gasteiger partial charge in [0.05, 0.1) is 18.8 Å². The van der Waals surface area contributed by atoms with Gasteiger partial charge in [-0.05, 0) is 25.5 Å². The van der Waals surface area contributed by atoms with Gasteiger partial charge in [0, 0.05) is 25.5 Å². The second-order valence-electron chi connectivity index (χ2n) is 4.03. The number of pyridine rings is 1. The van der Waals surface area contributed by atoms with Gasteiger partial charge in [0.2, 0.25) is 0 Å². The minimum Gasteiger partial charge on any atom is -0.389 e. The Kier molecular flexibility index (Phi) is 6.00. The highest BCUT2D eigenvalue weighted by Gasteiger charge is 2.04. The largest absolute Gasteiger partial charge is 0.389 e. The Morgan fingerprint density at radius 3 is 2.94 bits per heavy atom. The van der Waals surface area contributed by atoms with Gasteiger partial charge in [-0.3, -0.25) is 4.98 Å². The number of rotatable bonds is 7. The molecule has 1 aromatic rings. The molecular formula is C12H20N2O2. The van der Waals surface area contributed by atoms with Crippen LogP contribution in [0.15, 0.2) is 24.5 Å². The molecule has 0 bridgehead atoms. The van der Waals surface area contributed by atoms with Crippen LogP contribution in [0.4, 0.5) is 0 Å². The number of nitrogens with one attached hydrogen (secondary N) is 1. The molecule has 0 spiro atoms. The van der Waals surface area contributed by atoms with E-state index >= 15 is 0 Å². The number of hydrogen-bond donors (Lipinski definition) is 2. The Bertz CT molecular complexity index is 278. The summed E-state index contributed by atoms with van der Waals surface area (Å²) in [7, 11) is 0. The number of nitrogens with zero attached hydrogens (tertiary/aromatic N) is 1. The van der Waals surface area contributed by atoms with Crippen LogP contribution in [0.25, 0.3) is 0 Å². The number of aliphatic hydroxyl groups excluding tert-OH is 1. The molecule has 2 N–H and O–H groups in total. The monoisotopic (exact) mass is 224 g/mol. The third kappa shape index (κ3) is 5.80. The van der Waals surface area contributed by atoms with Gasteiger partial charge >= 0.3 is 0 Å². The van der Waals surface area contributed by atoms with Crippen molar-refractivity contribution in [3.8, 4) is 0 Å². The lowest BCUT2D eigenvalue weighted by molar-refractivity contribution is 0.00630. The van der Waals surface area contributed by atoms with Crippen LogP contribution in [0, 0.1) is 0 Å². The molecule has 0 radical (unpaired) electrons. The first kappa shape index (κ1) is 13.1. The highest BCUT2D eigenvalue weighted by molar-refractivity contribution is 5.07. The molecule has 4 heteroatoms. The summed E-state index contributed by atoms with van der Waals surface area (Å²) in [5.41, 5.74) is 1.11. The maximum Gasteiger partial charge on any atom is 0.0897 e. The highest BCUT2D eigenvalue weighted by Crippen LogP contribution is 1.95. The molecule has 16 heavy (non-hydrogen) atoms. The summed E-state index contributed by atoms with van der Waals surface area (Å²) in [6.45, 7) is 5.53. The summed E-state index contributed by atoms with van der Waals surface area (Å²) < 4.78 is 5.30. The number of hydrogen-bond acceptors (Lipinski definition) is 4. The van der Waals surface area contributed by atoms with E-state index in [0.29, 0.717) is 19.7 Å². The van der Waals surface area contributed by atoms with Crippen LogP contribution in [0.3, 0.4) is 0 Å². The molecule has 0 aromatic carbocycles. The van der Waals surface area contributed by atoms with Gasteiger partial charge in [-0.15, -0.1) is 0 Å². The van der Waals surface area contributed by atoms with Crippen molar-refractivity contribution in [2.75, 3.05) is 13.2 Å². The first-order valence-electron chi connectivity index (χ1n) is 5.57. The maximum absolute atomic E-state index is 9.57. The minimum atomic E-state index is -0.459. The van der Waals surface area contributed by atoms with Gasteiger partial charge in [-0.25, -0.2) is 0 Å². The van der Waals surface area contributed by atoms with E-state index in [1.54, 1.807) is 6.20 Å². The fraction of sp³-hybridized carbons (Fsp3) is 0.583. The zero-order chi connectivity index (χ0) is 11.8. The fourth-order valence-electron chi connectivity index (χ4n) is 1.25. The van der Waals surface area contributed by atoms with Crippen LogP contribution in [-0.4, -0.2) is 35.5 Å². The smallest absolute Gasteiger partial charge is 0.0897 e. The SMILES string of the molecule is CC(C)OCC(O)CNCc1cccnc1. The average Bonchev–Trinajstić information content (AvgIpc) is 2.28. The molecule has 0 amide bonds. The first-order valence-corrected chi connectivity index (χ1v) is 5.57. The summed E-state index contributed by atoms with van der Waals surface area (Å²) in [4.78, 5) is 4.01. The maximum atomic E-state index is 9.57. The molecule has 0 fully saturated rings. The molecule has 4 nitrogen and oxygen atoms in total. The molecule has 1 heterocycles. The molecule has 1 aromatic heterocycles. The van der Waals surface area contributed by atoms with Crippen molar-refractivity contribution in [2.24, 2.45) is 0 Å². The molecule has 0 aliphatic heterocycles. The predicted octanol–water partition coefficient (Wildman–Crippen LogP) is 0.957. The summed E-state index contributed by atoms with van der Waals surface area (Å²) >= 11 is 0. The van der Waals surface area contributed by atoms with Crippen LogP contribution >= 0.6 is 0 Å². The standard InChI is InChI=1S/C12H20N2O2/c1-10(2)16-9-12(15)8-14-7-11-4-3-5-13-6-11/h3-6,10,12,14-15H,7-9H2,1-2H3. The van der Waals surface area contributed by atoms with Crippen LogP contribution in [0.5, 0.6) is 0 Å². The fourth-order valence-corrected chi connectivity index (χ4v) is 1.25. The summed E-state index contributed by atoms with van der Waals surface area (Å²) in [5, 5.41) is 12.7. The Balaban J connectivity index is 2.11. The van der Waals surface area contributed by atoms with E-state index in [1.165, 1.54) is 0 Å². The van der Waals surface area contributed by atoms with E-state index in [0.717, 1.165) is 5.56 Å². The second kappa shape index (κ2) is 7.33. The first-order chi connectivity index (χ1) is 7.68. The minimum absolute atomic E-state index is 0.160. The van der Waals surface area contributed by atoms with Crippen LogP contribution in [0.1, 0.15) is 19.4 Å². The van der Waals surface area contributed by atoms with Gasteiger partial charge in [-0.2, -0.15) is 0 Å². The van der Waals surface area contributed by atoms with E-state index in [9.17, 15) is 5.11 Å². The van der Waals surface area contributed by atoms with E-state index in [2.05, 4.69) is 10.3 Å². The number of aliphatic hydroxyl groups is 1. The Hall–Kier alpha value is -0.970. The van der Waals surface area contributed by atoms with E-state index in [1.807, 2.05) is 32.2 Å². The van der Waals surface area contributed by atoms with Crippen molar-refractivity contribution in [2.45, 2.75) is 32.6 Å². The zero-order valence-electron chi connectivity index (χ0n) is 9.89. The Labute approximate surface area is 96.7 Å². The Morgan fingerprint density at radius 1 is 1.50 bits per heavy atom. The second-order valence-corrected chi connectivity index (χ2v) is 4.03. The van der Waals surface area contributed by atoms with Crippen molar-refractivity contribution in [3.05, 3.63) is 30.1 Å². The lowest BCUT2D eigenvalue weighted by atomic mass is 10.3. The van der Waals surface area contributed by atoms with Crippen LogP contribution in [-0.2, 0) is 11.3 Å². The van der Waals surface area contributed by atoms with E-state index in [4.69, 9.17) is 4.74 Å². The van der Waals surface area contributed by atoms with Crippen LogP contribution < -0.4 is 5.32 Å². The lowest BCUT2D eigenvalue weighted by Crippen LogP contribution is -2.31. The van der Waals surface area contributed by atoms with Crippen molar-refractivity contribution in [1.29, 1.82) is 0 Å². The number of aromatic nitrogens is 1. The molecule has 1 atom stereocenters. The van der Waals surface area contributed by atoms with E-state index in [-0.39, 0.29) is 6.10 Å². The third-order valence-corrected chi connectivity index (χ3v) is 2.05. The molecule has 0 saturated heterocycles. The average molecular weight is 224 g/mol. The molecule has 0 aliphatic rings. The van der Waals surface area contributed by atoms with Gasteiger partial charge in [0.25, 0.3) is 0 Å². The van der Waals surface area contributed by atoms with Crippen LogP contribution in [0.2, 0.25) is 0 Å². The van der Waals surface area contributed by atoms with Gasteiger partial charge < -0.3 is 15.2 Å². The molecule has 90 valence electrons. The summed E-state index contributed by atoms with van der Waals surface area (Å²) in [5.74, 6) is 0. The molecule has 0 saturated carbocycles. The molecular weight excluding hydrogens is 204 g/mol. The van der Waals surface area contributed by atoms with Crippen molar-refractivity contribution in [1.82, 2.24) is 10.3 Å².